The number of rotatable bonds is 6. The highest BCUT2D eigenvalue weighted by atomic mass is 35.5. The van der Waals surface area contributed by atoms with E-state index in [9.17, 15) is 9.59 Å². The zero-order valence-corrected chi connectivity index (χ0v) is 19.0. The van der Waals surface area contributed by atoms with E-state index in [1.807, 2.05) is 0 Å². The first-order chi connectivity index (χ1) is 14.3. The first-order valence-corrected chi connectivity index (χ1v) is 10.5. The maximum Gasteiger partial charge on any atom is 0.266 e. The molecule has 0 atom stereocenters. The van der Waals surface area contributed by atoms with Crippen molar-refractivity contribution in [1.29, 1.82) is 0 Å². The largest absolute Gasteiger partial charge is 0.493 e. The molecule has 1 saturated heterocycles. The normalized spacial score (nSPS) is 14.9. The van der Waals surface area contributed by atoms with Crippen LogP contribution in [0.25, 0.3) is 6.08 Å². The Bertz CT molecular complexity index is 1060. The summed E-state index contributed by atoms with van der Waals surface area (Å²) in [6.45, 7) is -0.239. The molecule has 156 valence electrons. The van der Waals surface area contributed by atoms with E-state index in [0.717, 1.165) is 17.3 Å². The molecule has 1 aliphatic rings. The van der Waals surface area contributed by atoms with Gasteiger partial charge in [-0.05, 0) is 35.9 Å². The van der Waals surface area contributed by atoms with Crippen molar-refractivity contribution in [2.45, 2.75) is 0 Å². The van der Waals surface area contributed by atoms with Crippen molar-refractivity contribution in [3.8, 4) is 11.5 Å². The topological polar surface area (TPSA) is 67.9 Å². The monoisotopic (exact) mass is 482 g/mol. The number of hydrogen-bond donors (Lipinski definition) is 1. The Labute approximate surface area is 193 Å². The van der Waals surface area contributed by atoms with Crippen LogP contribution in [-0.2, 0) is 9.59 Å². The summed E-state index contributed by atoms with van der Waals surface area (Å²) in [5, 5.41) is 3.19. The van der Waals surface area contributed by atoms with Gasteiger partial charge in [-0.25, -0.2) is 0 Å². The number of carbonyl (C=O) groups is 2. The van der Waals surface area contributed by atoms with Crippen molar-refractivity contribution in [2.24, 2.45) is 0 Å². The lowest BCUT2D eigenvalue weighted by molar-refractivity contribution is -0.126. The maximum absolute atomic E-state index is 12.8. The smallest absolute Gasteiger partial charge is 0.266 e. The molecule has 30 heavy (non-hydrogen) atoms. The summed E-state index contributed by atoms with van der Waals surface area (Å²) in [5.74, 6) is 0.327. The van der Waals surface area contributed by atoms with Crippen molar-refractivity contribution in [3.05, 3.63) is 56.9 Å². The molecule has 0 radical (unpaired) electrons. The number of benzene rings is 2. The molecule has 0 unspecified atom stereocenters. The van der Waals surface area contributed by atoms with Gasteiger partial charge in [0, 0.05) is 0 Å². The van der Waals surface area contributed by atoms with E-state index in [1.165, 1.54) is 12.0 Å². The molecular weight excluding hydrogens is 467 g/mol. The number of halogens is 2. The third kappa shape index (κ3) is 4.89. The van der Waals surface area contributed by atoms with Gasteiger partial charge in [0.15, 0.2) is 11.5 Å². The van der Waals surface area contributed by atoms with Gasteiger partial charge in [0.2, 0.25) is 5.91 Å². The molecule has 2 aromatic carbocycles. The van der Waals surface area contributed by atoms with E-state index in [2.05, 4.69) is 5.32 Å². The van der Waals surface area contributed by atoms with Crippen molar-refractivity contribution >= 4 is 75.1 Å². The second-order valence-electron chi connectivity index (χ2n) is 6.03. The molecule has 6 nitrogen and oxygen atoms in total. The Balaban J connectivity index is 1.74. The molecule has 10 heteroatoms. The summed E-state index contributed by atoms with van der Waals surface area (Å²) in [5.41, 5.74) is 1.10. The number of amides is 2. The molecule has 0 bridgehead atoms. The molecule has 1 N–H and O–H groups in total. The van der Waals surface area contributed by atoms with Gasteiger partial charge in [-0.3, -0.25) is 14.5 Å². The lowest BCUT2D eigenvalue weighted by Gasteiger charge is -2.15. The fraction of sp³-hybridized carbons (Fsp3) is 0.150. The minimum Gasteiger partial charge on any atom is -0.493 e. The Hall–Kier alpha value is -2.26. The number of thioether (sulfide) groups is 1. The van der Waals surface area contributed by atoms with Crippen LogP contribution in [0, 0.1) is 0 Å². The molecule has 0 aromatic heterocycles. The van der Waals surface area contributed by atoms with Crippen LogP contribution in [-0.4, -0.2) is 41.8 Å². The van der Waals surface area contributed by atoms with Crippen LogP contribution in [0.15, 0.2) is 41.3 Å². The predicted molar refractivity (Wildman–Crippen MR) is 125 cm³/mol. The highest BCUT2D eigenvalue weighted by Gasteiger charge is 2.33. The van der Waals surface area contributed by atoms with Crippen LogP contribution in [0.2, 0.25) is 10.0 Å². The molecular formula is C20H16Cl2N2O4S2. The lowest BCUT2D eigenvalue weighted by atomic mass is 10.2. The molecule has 0 saturated carbocycles. The summed E-state index contributed by atoms with van der Waals surface area (Å²) in [7, 11) is 3.08. The van der Waals surface area contributed by atoms with Crippen LogP contribution >= 0.6 is 47.2 Å². The zero-order valence-electron chi connectivity index (χ0n) is 15.9. The minimum atomic E-state index is -0.442. The van der Waals surface area contributed by atoms with Crippen LogP contribution < -0.4 is 14.8 Å². The Morgan fingerprint density at radius 3 is 2.63 bits per heavy atom. The van der Waals surface area contributed by atoms with E-state index >= 15 is 0 Å². The van der Waals surface area contributed by atoms with Gasteiger partial charge in [0.25, 0.3) is 5.91 Å². The maximum atomic E-state index is 12.8. The fourth-order valence-electron chi connectivity index (χ4n) is 2.66. The number of methoxy groups -OCH3 is 2. The summed E-state index contributed by atoms with van der Waals surface area (Å²) in [4.78, 5) is 26.8. The van der Waals surface area contributed by atoms with E-state index in [4.69, 9.17) is 44.9 Å². The summed E-state index contributed by atoms with van der Waals surface area (Å²) in [6.07, 6.45) is 1.69. The SMILES string of the molecule is COc1ccc(C=C2SC(=S)N(CC(=O)Nc3cccc(Cl)c3Cl)C2=O)cc1OC. The Kier molecular flexibility index (Phi) is 7.25. The van der Waals surface area contributed by atoms with Gasteiger partial charge in [-0.2, -0.15) is 0 Å². The standard InChI is InChI=1S/C20H16Cl2N2O4S2/c1-27-14-7-6-11(8-15(14)28-2)9-16-19(26)24(20(29)30-16)10-17(25)23-13-5-3-4-12(21)18(13)22/h3-9H,10H2,1-2H3,(H,23,25). The molecule has 2 amide bonds. The van der Waals surface area contributed by atoms with E-state index in [0.29, 0.717) is 31.4 Å². The Morgan fingerprint density at radius 2 is 1.93 bits per heavy atom. The number of ether oxygens (including phenoxy) is 2. The second kappa shape index (κ2) is 9.70. The molecule has 1 aliphatic heterocycles. The highest BCUT2D eigenvalue weighted by Crippen LogP contribution is 2.35. The number of nitrogens with zero attached hydrogens (tertiary/aromatic N) is 1. The van der Waals surface area contributed by atoms with E-state index in [1.54, 1.807) is 49.6 Å². The van der Waals surface area contributed by atoms with E-state index in [-0.39, 0.29) is 17.5 Å². The van der Waals surface area contributed by atoms with Crippen LogP contribution in [0.1, 0.15) is 5.56 Å². The number of carbonyl (C=O) groups excluding carboxylic acids is 2. The summed E-state index contributed by atoms with van der Waals surface area (Å²) in [6, 6.07) is 10.2. The van der Waals surface area contributed by atoms with Crippen LogP contribution in [0.3, 0.4) is 0 Å². The minimum absolute atomic E-state index is 0.228. The van der Waals surface area contributed by atoms with E-state index < -0.39 is 5.91 Å². The average Bonchev–Trinajstić information content (AvgIpc) is 2.98. The van der Waals surface area contributed by atoms with Gasteiger partial charge in [0.05, 0.1) is 34.9 Å². The van der Waals surface area contributed by atoms with Crippen molar-refractivity contribution in [1.82, 2.24) is 4.90 Å². The van der Waals surface area contributed by atoms with Gasteiger partial charge in [-0.1, -0.05) is 59.3 Å². The molecule has 0 aliphatic carbocycles. The lowest BCUT2D eigenvalue weighted by Crippen LogP contribution is -2.36. The molecule has 3 rings (SSSR count). The van der Waals surface area contributed by atoms with Crippen LogP contribution in [0.5, 0.6) is 11.5 Å². The highest BCUT2D eigenvalue weighted by molar-refractivity contribution is 8.26. The third-order valence-electron chi connectivity index (χ3n) is 4.11. The molecule has 0 spiro atoms. The van der Waals surface area contributed by atoms with Gasteiger partial charge < -0.3 is 14.8 Å². The molecule has 2 aromatic rings. The van der Waals surface area contributed by atoms with Crippen molar-refractivity contribution in [3.63, 3.8) is 0 Å². The van der Waals surface area contributed by atoms with Gasteiger partial charge in [-0.15, -0.1) is 0 Å². The Morgan fingerprint density at radius 1 is 1.20 bits per heavy atom. The quantitative estimate of drug-likeness (QED) is 0.468. The number of anilines is 1. The summed E-state index contributed by atoms with van der Waals surface area (Å²) < 4.78 is 10.8. The van der Waals surface area contributed by atoms with Crippen LogP contribution in [0.4, 0.5) is 5.69 Å². The van der Waals surface area contributed by atoms with Gasteiger partial charge in [0.1, 0.15) is 10.9 Å². The average molecular weight is 483 g/mol. The number of thiocarbonyl (C=S) groups is 1. The number of nitrogens with one attached hydrogen (secondary N) is 1. The van der Waals surface area contributed by atoms with Gasteiger partial charge >= 0.3 is 0 Å². The summed E-state index contributed by atoms with van der Waals surface area (Å²) >= 11 is 18.4. The second-order valence-corrected chi connectivity index (χ2v) is 8.49. The first kappa shape index (κ1) is 22.4. The van der Waals surface area contributed by atoms with Crippen molar-refractivity contribution < 1.29 is 19.1 Å². The zero-order chi connectivity index (χ0) is 21.8. The molecule has 1 heterocycles. The number of hydrogen-bond acceptors (Lipinski definition) is 6. The molecule has 1 fully saturated rings. The van der Waals surface area contributed by atoms with Crippen molar-refractivity contribution in [2.75, 3.05) is 26.1 Å². The predicted octanol–water partition coefficient (Wildman–Crippen LogP) is 4.85. The fourth-order valence-corrected chi connectivity index (χ4v) is 4.27. The third-order valence-corrected chi connectivity index (χ3v) is 6.30. The first-order valence-electron chi connectivity index (χ1n) is 8.55.